The Morgan fingerprint density at radius 2 is 2.45 bits per heavy atom. The maximum Gasteiger partial charge on any atom is 0.329 e. The summed E-state index contributed by atoms with van der Waals surface area (Å²) >= 11 is 0. The molecule has 0 fully saturated rings. The first-order valence-electron chi connectivity index (χ1n) is 3.59. The van der Waals surface area contributed by atoms with E-state index in [1.54, 1.807) is 0 Å². The van der Waals surface area contributed by atoms with Crippen LogP contribution in [0.5, 0.6) is 0 Å². The number of allylic oxidation sites excluding steroid dienone is 3. The minimum atomic E-state index is -0.329. The molecule has 0 amide bonds. The van der Waals surface area contributed by atoms with Gasteiger partial charge in [-0.2, -0.15) is 0 Å². The zero-order chi connectivity index (χ0) is 8.10. The Balaban J connectivity index is 2.31. The van der Waals surface area contributed by atoms with Crippen molar-refractivity contribution in [1.82, 2.24) is 5.48 Å². The van der Waals surface area contributed by atoms with Crippen LogP contribution in [-0.4, -0.2) is 5.97 Å². The van der Waals surface area contributed by atoms with Crippen LogP contribution < -0.4 is 5.48 Å². The molecule has 60 valence electrons. The fraction of sp³-hybridized carbons (Fsp3) is 0.375. The molecule has 11 heavy (non-hydrogen) atoms. The summed E-state index contributed by atoms with van der Waals surface area (Å²) in [6, 6.07) is 0. The van der Waals surface area contributed by atoms with E-state index in [2.05, 4.69) is 10.3 Å². The highest BCUT2D eigenvalue weighted by Crippen LogP contribution is 2.06. The second-order valence-electron chi connectivity index (χ2n) is 2.33. The second-order valence-corrected chi connectivity index (χ2v) is 2.33. The Morgan fingerprint density at radius 3 is 3.00 bits per heavy atom. The van der Waals surface area contributed by atoms with E-state index in [0.717, 1.165) is 18.5 Å². The molecular weight excluding hydrogens is 142 g/mol. The summed E-state index contributed by atoms with van der Waals surface area (Å²) < 4.78 is 0. The minimum Gasteiger partial charge on any atom is -0.344 e. The first kappa shape index (κ1) is 7.85. The van der Waals surface area contributed by atoms with Crippen LogP contribution in [-0.2, 0) is 9.63 Å². The van der Waals surface area contributed by atoms with Crippen LogP contribution in [0.4, 0.5) is 0 Å². The van der Waals surface area contributed by atoms with Gasteiger partial charge in [-0.15, -0.1) is 0 Å². The van der Waals surface area contributed by atoms with Crippen molar-refractivity contribution in [2.24, 2.45) is 0 Å². The molecule has 1 aliphatic carbocycles. The molecule has 1 N–H and O–H groups in total. The molecule has 0 bridgehead atoms. The normalized spacial score (nSPS) is 15.5. The van der Waals surface area contributed by atoms with Crippen molar-refractivity contribution in [1.29, 1.82) is 0 Å². The Morgan fingerprint density at radius 1 is 1.64 bits per heavy atom. The molecule has 0 saturated carbocycles. The monoisotopic (exact) mass is 153 g/mol. The van der Waals surface area contributed by atoms with Crippen LogP contribution in [0.1, 0.15) is 19.8 Å². The zero-order valence-electron chi connectivity index (χ0n) is 6.46. The lowest BCUT2D eigenvalue weighted by Gasteiger charge is -2.07. The van der Waals surface area contributed by atoms with Gasteiger partial charge >= 0.3 is 5.97 Å². The number of nitrogens with one attached hydrogen (secondary N) is 1. The van der Waals surface area contributed by atoms with E-state index in [9.17, 15) is 4.79 Å². The average Bonchev–Trinajstić information content (AvgIpc) is 2.03. The molecule has 0 heterocycles. The minimum absolute atomic E-state index is 0.329. The van der Waals surface area contributed by atoms with E-state index in [-0.39, 0.29) is 5.97 Å². The summed E-state index contributed by atoms with van der Waals surface area (Å²) in [6.45, 7) is 1.36. The summed E-state index contributed by atoms with van der Waals surface area (Å²) in [5.41, 5.74) is 3.40. The average molecular weight is 153 g/mol. The second kappa shape index (κ2) is 3.81. The van der Waals surface area contributed by atoms with Crippen LogP contribution in [0.25, 0.3) is 0 Å². The molecule has 0 unspecified atom stereocenters. The van der Waals surface area contributed by atoms with Gasteiger partial charge in [0.2, 0.25) is 0 Å². The number of hydroxylamine groups is 1. The van der Waals surface area contributed by atoms with E-state index in [4.69, 9.17) is 0 Å². The predicted octanol–water partition coefficient (Wildman–Crippen LogP) is 1.29. The number of hydrogen-bond acceptors (Lipinski definition) is 3. The predicted molar refractivity (Wildman–Crippen MR) is 41.4 cm³/mol. The van der Waals surface area contributed by atoms with Crippen LogP contribution in [0.2, 0.25) is 0 Å². The topological polar surface area (TPSA) is 38.3 Å². The molecular formula is C8H11NO2. The first-order chi connectivity index (χ1) is 5.29. The van der Waals surface area contributed by atoms with E-state index in [1.807, 2.05) is 18.2 Å². The molecule has 0 saturated heterocycles. The molecule has 0 aliphatic heterocycles. The summed E-state index contributed by atoms with van der Waals surface area (Å²) in [7, 11) is 0. The number of carbonyl (C=O) groups is 1. The van der Waals surface area contributed by atoms with Gasteiger partial charge in [0.05, 0.1) is 5.70 Å². The van der Waals surface area contributed by atoms with Crippen LogP contribution in [0.15, 0.2) is 23.9 Å². The largest absolute Gasteiger partial charge is 0.344 e. The van der Waals surface area contributed by atoms with Gasteiger partial charge in [-0.25, -0.2) is 5.48 Å². The van der Waals surface area contributed by atoms with Gasteiger partial charge in [-0.1, -0.05) is 12.2 Å². The molecule has 1 rings (SSSR count). The number of hydrogen-bond donors (Lipinski definition) is 1. The Kier molecular flexibility index (Phi) is 2.72. The zero-order valence-corrected chi connectivity index (χ0v) is 6.46. The lowest BCUT2D eigenvalue weighted by atomic mass is 10.2. The SMILES string of the molecule is CC(=O)ONC1=CCCC=C1. The lowest BCUT2D eigenvalue weighted by Crippen LogP contribution is -2.16. The molecule has 3 heteroatoms. The maximum atomic E-state index is 10.4. The summed E-state index contributed by atoms with van der Waals surface area (Å²) in [6.07, 6.45) is 7.98. The molecule has 0 aromatic rings. The smallest absolute Gasteiger partial charge is 0.329 e. The van der Waals surface area contributed by atoms with Crippen molar-refractivity contribution in [3.8, 4) is 0 Å². The third kappa shape index (κ3) is 2.89. The highest BCUT2D eigenvalue weighted by molar-refractivity contribution is 5.65. The first-order valence-corrected chi connectivity index (χ1v) is 3.59. The van der Waals surface area contributed by atoms with Crippen LogP contribution >= 0.6 is 0 Å². The van der Waals surface area contributed by atoms with E-state index in [0.29, 0.717) is 0 Å². The highest BCUT2D eigenvalue weighted by atomic mass is 16.7. The standard InChI is InChI=1S/C8H11NO2/c1-7(10)11-9-8-5-3-2-4-6-8/h3,5-6,9H,2,4H2,1H3. The molecule has 1 aliphatic rings. The molecule has 0 aromatic heterocycles. The van der Waals surface area contributed by atoms with Crippen molar-refractivity contribution >= 4 is 5.97 Å². The molecule has 0 atom stereocenters. The number of rotatable bonds is 2. The lowest BCUT2D eigenvalue weighted by molar-refractivity contribution is -0.146. The maximum absolute atomic E-state index is 10.4. The Hall–Kier alpha value is -1.25. The Bertz CT molecular complexity index is 206. The van der Waals surface area contributed by atoms with Crippen molar-refractivity contribution in [3.05, 3.63) is 23.9 Å². The van der Waals surface area contributed by atoms with Gasteiger partial charge in [-0.3, -0.25) is 4.79 Å². The van der Waals surface area contributed by atoms with Gasteiger partial charge < -0.3 is 4.84 Å². The highest BCUT2D eigenvalue weighted by Gasteiger charge is 1.97. The van der Waals surface area contributed by atoms with Gasteiger partial charge in [0, 0.05) is 6.92 Å². The fourth-order valence-corrected chi connectivity index (χ4v) is 0.820. The van der Waals surface area contributed by atoms with Crippen LogP contribution in [0, 0.1) is 0 Å². The van der Waals surface area contributed by atoms with Gasteiger partial charge in [0.1, 0.15) is 0 Å². The van der Waals surface area contributed by atoms with Gasteiger partial charge in [0.15, 0.2) is 0 Å². The van der Waals surface area contributed by atoms with E-state index in [1.165, 1.54) is 6.92 Å². The summed E-state index contributed by atoms with van der Waals surface area (Å²) in [5, 5.41) is 0. The Labute approximate surface area is 65.7 Å². The third-order valence-electron chi connectivity index (χ3n) is 1.31. The van der Waals surface area contributed by atoms with Crippen molar-refractivity contribution < 1.29 is 9.63 Å². The van der Waals surface area contributed by atoms with Crippen molar-refractivity contribution in [3.63, 3.8) is 0 Å². The summed E-state index contributed by atoms with van der Waals surface area (Å²) in [4.78, 5) is 14.9. The third-order valence-corrected chi connectivity index (χ3v) is 1.31. The quantitative estimate of drug-likeness (QED) is 0.607. The molecule has 0 aromatic carbocycles. The van der Waals surface area contributed by atoms with Crippen LogP contribution in [0.3, 0.4) is 0 Å². The van der Waals surface area contributed by atoms with Crippen molar-refractivity contribution in [2.45, 2.75) is 19.8 Å². The molecule has 0 spiro atoms. The van der Waals surface area contributed by atoms with E-state index >= 15 is 0 Å². The number of carbonyl (C=O) groups excluding carboxylic acids is 1. The molecule has 0 radical (unpaired) electrons. The fourth-order valence-electron chi connectivity index (χ4n) is 0.820. The van der Waals surface area contributed by atoms with E-state index < -0.39 is 0 Å². The van der Waals surface area contributed by atoms with Gasteiger partial charge in [0.25, 0.3) is 0 Å². The van der Waals surface area contributed by atoms with Gasteiger partial charge in [-0.05, 0) is 18.9 Å². The molecule has 3 nitrogen and oxygen atoms in total. The van der Waals surface area contributed by atoms with Crippen molar-refractivity contribution in [2.75, 3.05) is 0 Å². The summed E-state index contributed by atoms with van der Waals surface area (Å²) in [5.74, 6) is -0.329.